The summed E-state index contributed by atoms with van der Waals surface area (Å²) in [7, 11) is 1.37. The Morgan fingerprint density at radius 2 is 2.23 bits per heavy atom. The molecule has 2 unspecified atom stereocenters. The van der Waals surface area contributed by atoms with Gasteiger partial charge in [-0.25, -0.2) is 9.89 Å². The smallest absolute Gasteiger partial charge is 0.344 e. The maximum atomic E-state index is 12.3. The highest BCUT2D eigenvalue weighted by atomic mass is 16.5. The molecule has 2 atom stereocenters. The van der Waals surface area contributed by atoms with Crippen molar-refractivity contribution in [2.75, 3.05) is 7.11 Å². The summed E-state index contributed by atoms with van der Waals surface area (Å²) in [4.78, 5) is 24.5. The third-order valence-electron chi connectivity index (χ3n) is 4.23. The number of hydrogen-bond acceptors (Lipinski definition) is 4. The Kier molecular flexibility index (Phi) is 5.00. The number of hydrogen-bond donors (Lipinski definition) is 1. The number of allylic oxidation sites excluding steroid dienone is 3. The van der Waals surface area contributed by atoms with Crippen LogP contribution in [0, 0.1) is 12.8 Å². The minimum atomic E-state index is -0.759. The van der Waals surface area contributed by atoms with Gasteiger partial charge in [0.1, 0.15) is 11.7 Å². The topological polar surface area (TPSA) is 77.0 Å². The van der Waals surface area contributed by atoms with Crippen LogP contribution in [0.4, 0.5) is 0 Å². The maximum Gasteiger partial charge on any atom is 0.344 e. The fourth-order valence-corrected chi connectivity index (χ4v) is 3.17. The number of unbranched alkanes of at least 4 members (excludes halogenated alkanes) is 2. The lowest BCUT2D eigenvalue weighted by Crippen LogP contribution is -2.48. The molecular weight excluding hydrogens is 282 g/mol. The summed E-state index contributed by atoms with van der Waals surface area (Å²) >= 11 is 0. The van der Waals surface area contributed by atoms with Crippen molar-refractivity contribution in [3.63, 3.8) is 0 Å². The summed E-state index contributed by atoms with van der Waals surface area (Å²) in [5.41, 5.74) is -1.06. The summed E-state index contributed by atoms with van der Waals surface area (Å²) in [6.45, 7) is 3.89. The second kappa shape index (κ2) is 6.77. The van der Waals surface area contributed by atoms with Gasteiger partial charge in [-0.05, 0) is 13.3 Å². The molecule has 0 amide bonds. The normalized spacial score (nSPS) is 23.7. The van der Waals surface area contributed by atoms with Gasteiger partial charge in [-0.15, -0.1) is 0 Å². The molecule has 0 spiro atoms. The lowest BCUT2D eigenvalue weighted by molar-refractivity contribution is -0.146. The molecule has 1 aromatic rings. The molecule has 0 saturated carbocycles. The fourth-order valence-electron chi connectivity index (χ4n) is 3.17. The Bertz CT molecular complexity index is 641. The van der Waals surface area contributed by atoms with E-state index >= 15 is 0 Å². The zero-order valence-electron chi connectivity index (χ0n) is 13.3. The number of carbonyl (C=O) groups excluding carboxylic acids is 1. The average Bonchev–Trinajstić information content (AvgIpc) is 2.86. The number of carbonyl (C=O) groups is 1. The molecule has 2 rings (SSSR count). The first-order valence-electron chi connectivity index (χ1n) is 7.65. The lowest BCUT2D eigenvalue weighted by Gasteiger charge is -2.38. The molecule has 0 fully saturated rings. The molecule has 0 saturated heterocycles. The van der Waals surface area contributed by atoms with E-state index in [1.165, 1.54) is 7.11 Å². The van der Waals surface area contributed by atoms with E-state index < -0.39 is 11.5 Å². The van der Waals surface area contributed by atoms with Crippen molar-refractivity contribution in [3.8, 4) is 0 Å². The van der Waals surface area contributed by atoms with Crippen molar-refractivity contribution in [1.82, 2.24) is 14.8 Å². The Hall–Kier alpha value is -2.11. The average molecular weight is 305 g/mol. The minimum Gasteiger partial charge on any atom is -0.468 e. The van der Waals surface area contributed by atoms with Crippen molar-refractivity contribution in [1.29, 1.82) is 0 Å². The summed E-state index contributed by atoms with van der Waals surface area (Å²) in [5, 5.41) is 6.47. The second-order valence-electron chi connectivity index (χ2n) is 5.60. The summed E-state index contributed by atoms with van der Waals surface area (Å²) < 4.78 is 6.55. The highest BCUT2D eigenvalue weighted by Gasteiger charge is 2.44. The van der Waals surface area contributed by atoms with Crippen LogP contribution in [0.5, 0.6) is 0 Å². The molecule has 1 heterocycles. The van der Waals surface area contributed by atoms with Gasteiger partial charge in [0.05, 0.1) is 12.6 Å². The van der Waals surface area contributed by atoms with Crippen LogP contribution in [0.15, 0.2) is 29.1 Å². The SMILES string of the molecule is CCCCCC1(n2c(C)n[nH]c2=O)C=CC=CC1C(=O)OC. The van der Waals surface area contributed by atoms with Gasteiger partial charge in [-0.3, -0.25) is 9.36 Å². The summed E-state index contributed by atoms with van der Waals surface area (Å²) in [5.74, 6) is -0.312. The van der Waals surface area contributed by atoms with Gasteiger partial charge in [0.15, 0.2) is 0 Å². The lowest BCUT2D eigenvalue weighted by atomic mass is 9.76. The largest absolute Gasteiger partial charge is 0.468 e. The van der Waals surface area contributed by atoms with Gasteiger partial charge < -0.3 is 4.74 Å². The molecule has 6 heteroatoms. The molecule has 0 bridgehead atoms. The van der Waals surface area contributed by atoms with Crippen LogP contribution >= 0.6 is 0 Å². The van der Waals surface area contributed by atoms with Gasteiger partial charge in [0, 0.05) is 0 Å². The highest BCUT2D eigenvalue weighted by Crippen LogP contribution is 2.37. The quantitative estimate of drug-likeness (QED) is 0.645. The van der Waals surface area contributed by atoms with Crippen LogP contribution in [0.2, 0.25) is 0 Å². The fraction of sp³-hybridized carbons (Fsp3) is 0.562. The Morgan fingerprint density at radius 3 is 2.82 bits per heavy atom. The first-order valence-corrected chi connectivity index (χ1v) is 7.65. The monoisotopic (exact) mass is 305 g/mol. The molecule has 1 aliphatic carbocycles. The standard InChI is InChI=1S/C16H23N3O3/c1-4-5-7-10-16(19-12(2)17-18-15(19)21)11-8-6-9-13(16)14(20)22-3/h6,8-9,11,13H,4-5,7,10H2,1-3H3,(H,18,21). The number of aryl methyl sites for hydroxylation is 1. The molecule has 1 aromatic heterocycles. The van der Waals surface area contributed by atoms with Crippen LogP contribution in [0.25, 0.3) is 0 Å². The van der Waals surface area contributed by atoms with Crippen molar-refractivity contribution >= 4 is 5.97 Å². The molecule has 1 N–H and O–H groups in total. The third-order valence-corrected chi connectivity index (χ3v) is 4.23. The summed E-state index contributed by atoms with van der Waals surface area (Å²) in [6, 6.07) is 0. The molecule has 0 aliphatic heterocycles. The molecule has 1 aliphatic rings. The van der Waals surface area contributed by atoms with E-state index in [-0.39, 0.29) is 11.7 Å². The number of methoxy groups -OCH3 is 1. The van der Waals surface area contributed by atoms with Gasteiger partial charge in [0.25, 0.3) is 0 Å². The van der Waals surface area contributed by atoms with E-state index in [4.69, 9.17) is 4.74 Å². The highest BCUT2D eigenvalue weighted by molar-refractivity contribution is 5.77. The second-order valence-corrected chi connectivity index (χ2v) is 5.60. The number of H-pyrrole nitrogens is 1. The van der Waals surface area contributed by atoms with Crippen molar-refractivity contribution < 1.29 is 9.53 Å². The zero-order valence-corrected chi connectivity index (χ0v) is 13.3. The van der Waals surface area contributed by atoms with Gasteiger partial charge in [-0.2, -0.15) is 5.10 Å². The van der Waals surface area contributed by atoms with E-state index in [1.54, 1.807) is 17.6 Å². The maximum absolute atomic E-state index is 12.3. The Morgan fingerprint density at radius 1 is 1.45 bits per heavy atom. The number of aromatic amines is 1. The van der Waals surface area contributed by atoms with Gasteiger partial charge in [0.2, 0.25) is 0 Å². The van der Waals surface area contributed by atoms with Crippen LogP contribution in [-0.4, -0.2) is 27.8 Å². The van der Waals surface area contributed by atoms with E-state index in [2.05, 4.69) is 17.1 Å². The van der Waals surface area contributed by atoms with E-state index in [9.17, 15) is 9.59 Å². The van der Waals surface area contributed by atoms with Crippen LogP contribution in [0.3, 0.4) is 0 Å². The number of rotatable bonds is 6. The first-order chi connectivity index (χ1) is 10.6. The molecule has 0 aromatic carbocycles. The predicted molar refractivity (Wildman–Crippen MR) is 83.5 cm³/mol. The number of esters is 1. The summed E-state index contributed by atoms with van der Waals surface area (Å²) in [6.07, 6.45) is 11.1. The molecule has 22 heavy (non-hydrogen) atoms. The molecule has 0 radical (unpaired) electrons. The van der Waals surface area contributed by atoms with E-state index in [1.807, 2.05) is 18.2 Å². The number of nitrogens with one attached hydrogen (secondary N) is 1. The minimum absolute atomic E-state index is 0.303. The van der Waals surface area contributed by atoms with Crippen LogP contribution in [-0.2, 0) is 15.1 Å². The third kappa shape index (κ3) is 2.77. The van der Waals surface area contributed by atoms with Crippen molar-refractivity contribution in [3.05, 3.63) is 40.6 Å². The van der Waals surface area contributed by atoms with Crippen LogP contribution in [0.1, 0.15) is 38.4 Å². The van der Waals surface area contributed by atoms with E-state index in [0.29, 0.717) is 12.2 Å². The number of aromatic nitrogens is 3. The number of ether oxygens (including phenoxy) is 1. The van der Waals surface area contributed by atoms with Gasteiger partial charge in [-0.1, -0.05) is 50.5 Å². The van der Waals surface area contributed by atoms with Crippen LogP contribution < -0.4 is 5.69 Å². The molecule has 120 valence electrons. The van der Waals surface area contributed by atoms with Crippen molar-refractivity contribution in [2.24, 2.45) is 5.92 Å². The predicted octanol–water partition coefficient (Wildman–Crippen LogP) is 2.07. The molecule has 6 nitrogen and oxygen atoms in total. The Labute approximate surface area is 129 Å². The zero-order chi connectivity index (χ0) is 16.2. The van der Waals surface area contributed by atoms with Crippen molar-refractivity contribution in [2.45, 2.75) is 45.1 Å². The van der Waals surface area contributed by atoms with Gasteiger partial charge >= 0.3 is 11.7 Å². The number of nitrogens with zero attached hydrogens (tertiary/aromatic N) is 2. The Balaban J connectivity index is 2.54. The van der Waals surface area contributed by atoms with E-state index in [0.717, 1.165) is 19.3 Å². The molecular formula is C16H23N3O3. The first kappa shape index (κ1) is 16.3.